The van der Waals surface area contributed by atoms with Crippen LogP contribution in [0.2, 0.25) is 0 Å². The number of carbonyl (C=O) groups excluding carboxylic acids is 1. The van der Waals surface area contributed by atoms with E-state index in [2.05, 4.69) is 15.1 Å². The summed E-state index contributed by atoms with van der Waals surface area (Å²) in [6, 6.07) is 5.58. The van der Waals surface area contributed by atoms with E-state index in [1.54, 1.807) is 15.5 Å². The van der Waals surface area contributed by atoms with Crippen LogP contribution >= 0.6 is 0 Å². The molecule has 0 aliphatic carbocycles. The van der Waals surface area contributed by atoms with Crippen LogP contribution in [0.3, 0.4) is 0 Å². The summed E-state index contributed by atoms with van der Waals surface area (Å²) in [5.74, 6) is 2.09. The van der Waals surface area contributed by atoms with Crippen LogP contribution in [0.4, 0.5) is 0 Å². The number of fused-ring (bicyclic) bond motifs is 1. The molecule has 0 saturated carbocycles. The lowest BCUT2D eigenvalue weighted by Crippen LogP contribution is -2.31. The molecule has 0 radical (unpaired) electrons. The Labute approximate surface area is 140 Å². The van der Waals surface area contributed by atoms with E-state index in [0.717, 1.165) is 17.2 Å². The Morgan fingerprint density at radius 2 is 2.17 bits per heavy atom. The molecule has 0 saturated heterocycles. The lowest BCUT2D eigenvalue weighted by molar-refractivity contribution is 0.0734. The SMILES string of the molecule is CCN(Cc1ccc(C)o1)C(=O)c1cc(C(C)C)n2ncnc2n1. The van der Waals surface area contributed by atoms with Crippen molar-refractivity contribution in [3.8, 4) is 0 Å². The maximum atomic E-state index is 12.9. The molecule has 126 valence electrons. The highest BCUT2D eigenvalue weighted by Gasteiger charge is 2.20. The largest absolute Gasteiger partial charge is 0.464 e. The van der Waals surface area contributed by atoms with Gasteiger partial charge in [-0.3, -0.25) is 4.79 Å². The van der Waals surface area contributed by atoms with Gasteiger partial charge in [-0.25, -0.2) is 9.50 Å². The van der Waals surface area contributed by atoms with E-state index in [1.807, 2.05) is 39.8 Å². The average Bonchev–Trinajstić information content (AvgIpc) is 3.19. The standard InChI is InChI=1S/C17H21N5O2/c1-5-21(9-13-7-6-12(4)24-13)16(23)14-8-15(11(2)3)22-17(20-14)18-10-19-22/h6-8,10-11H,5,9H2,1-4H3. The normalized spacial score (nSPS) is 11.4. The highest BCUT2D eigenvalue weighted by atomic mass is 16.3. The van der Waals surface area contributed by atoms with Gasteiger partial charge in [0.1, 0.15) is 23.5 Å². The van der Waals surface area contributed by atoms with Crippen molar-refractivity contribution in [3.63, 3.8) is 0 Å². The summed E-state index contributed by atoms with van der Waals surface area (Å²) in [6.07, 6.45) is 1.45. The smallest absolute Gasteiger partial charge is 0.273 e. The molecule has 3 aromatic rings. The molecule has 0 aliphatic heterocycles. The summed E-state index contributed by atoms with van der Waals surface area (Å²) in [4.78, 5) is 23.1. The van der Waals surface area contributed by atoms with Crippen molar-refractivity contribution in [2.45, 2.75) is 40.2 Å². The molecule has 3 rings (SSSR count). The van der Waals surface area contributed by atoms with Gasteiger partial charge in [-0.15, -0.1) is 0 Å². The van der Waals surface area contributed by atoms with Gasteiger partial charge in [0.25, 0.3) is 11.7 Å². The Balaban J connectivity index is 1.94. The van der Waals surface area contributed by atoms with Crippen LogP contribution in [0.25, 0.3) is 5.78 Å². The first-order chi connectivity index (χ1) is 11.5. The van der Waals surface area contributed by atoms with Crippen LogP contribution in [0, 0.1) is 6.92 Å². The fourth-order valence-corrected chi connectivity index (χ4v) is 2.60. The number of carbonyl (C=O) groups is 1. The Hall–Kier alpha value is -2.70. The van der Waals surface area contributed by atoms with E-state index in [9.17, 15) is 4.79 Å². The molecule has 0 spiro atoms. The zero-order valence-electron chi connectivity index (χ0n) is 14.4. The first-order valence-electron chi connectivity index (χ1n) is 8.04. The molecule has 3 heterocycles. The fraction of sp³-hybridized carbons (Fsp3) is 0.412. The second kappa shape index (κ2) is 6.43. The van der Waals surface area contributed by atoms with Gasteiger partial charge >= 0.3 is 0 Å². The first-order valence-corrected chi connectivity index (χ1v) is 8.04. The topological polar surface area (TPSA) is 76.5 Å². The molecular weight excluding hydrogens is 306 g/mol. The number of hydrogen-bond donors (Lipinski definition) is 0. The monoisotopic (exact) mass is 327 g/mol. The zero-order valence-corrected chi connectivity index (χ0v) is 14.4. The number of nitrogens with zero attached hydrogens (tertiary/aromatic N) is 5. The van der Waals surface area contributed by atoms with Crippen LogP contribution in [0.1, 0.15) is 54.4 Å². The summed E-state index contributed by atoms with van der Waals surface area (Å²) in [5.41, 5.74) is 1.29. The zero-order chi connectivity index (χ0) is 17.3. The third kappa shape index (κ3) is 3.02. The van der Waals surface area contributed by atoms with E-state index in [-0.39, 0.29) is 11.8 Å². The van der Waals surface area contributed by atoms with Crippen molar-refractivity contribution < 1.29 is 9.21 Å². The van der Waals surface area contributed by atoms with Crippen LogP contribution in [0.5, 0.6) is 0 Å². The van der Waals surface area contributed by atoms with Crippen LogP contribution in [0.15, 0.2) is 28.9 Å². The molecule has 0 fully saturated rings. The summed E-state index contributed by atoms with van der Waals surface area (Å²) in [7, 11) is 0. The van der Waals surface area contributed by atoms with E-state index in [0.29, 0.717) is 24.6 Å². The lowest BCUT2D eigenvalue weighted by Gasteiger charge is -2.20. The van der Waals surface area contributed by atoms with Crippen molar-refractivity contribution in [1.29, 1.82) is 0 Å². The van der Waals surface area contributed by atoms with E-state index < -0.39 is 0 Å². The molecule has 1 amide bonds. The summed E-state index contributed by atoms with van der Waals surface area (Å²) < 4.78 is 7.26. The molecule has 24 heavy (non-hydrogen) atoms. The highest BCUT2D eigenvalue weighted by Crippen LogP contribution is 2.18. The minimum Gasteiger partial charge on any atom is -0.464 e. The van der Waals surface area contributed by atoms with Gasteiger partial charge in [0.05, 0.1) is 12.2 Å². The number of furan rings is 1. The van der Waals surface area contributed by atoms with Gasteiger partial charge in [-0.05, 0) is 38.0 Å². The van der Waals surface area contributed by atoms with Crippen molar-refractivity contribution in [2.24, 2.45) is 0 Å². The minimum absolute atomic E-state index is 0.140. The Morgan fingerprint density at radius 3 is 2.79 bits per heavy atom. The number of rotatable bonds is 5. The predicted molar refractivity (Wildman–Crippen MR) is 88.7 cm³/mol. The first kappa shape index (κ1) is 16.2. The van der Waals surface area contributed by atoms with Gasteiger partial charge in [0.2, 0.25) is 0 Å². The molecule has 0 bridgehead atoms. The van der Waals surface area contributed by atoms with Crippen molar-refractivity contribution in [2.75, 3.05) is 6.54 Å². The van der Waals surface area contributed by atoms with Crippen molar-refractivity contribution in [1.82, 2.24) is 24.5 Å². The van der Waals surface area contributed by atoms with Gasteiger partial charge in [0, 0.05) is 6.54 Å². The van der Waals surface area contributed by atoms with Crippen molar-refractivity contribution in [3.05, 3.63) is 47.4 Å². The number of aromatic nitrogens is 4. The second-order valence-electron chi connectivity index (χ2n) is 6.02. The molecule has 7 heteroatoms. The van der Waals surface area contributed by atoms with Gasteiger partial charge in [-0.2, -0.15) is 10.1 Å². The summed E-state index contributed by atoms with van der Waals surface area (Å²) >= 11 is 0. The predicted octanol–water partition coefficient (Wildman–Crippen LogP) is 2.81. The average molecular weight is 327 g/mol. The molecule has 3 aromatic heterocycles. The maximum Gasteiger partial charge on any atom is 0.273 e. The minimum atomic E-state index is -0.140. The molecule has 0 atom stereocenters. The molecule has 0 aliphatic rings. The third-order valence-corrected chi connectivity index (χ3v) is 3.90. The summed E-state index contributed by atoms with van der Waals surface area (Å²) in [6.45, 7) is 8.90. The lowest BCUT2D eigenvalue weighted by atomic mass is 10.1. The number of hydrogen-bond acceptors (Lipinski definition) is 5. The molecule has 0 aromatic carbocycles. The van der Waals surface area contributed by atoms with Gasteiger partial charge in [0.15, 0.2) is 0 Å². The van der Waals surface area contributed by atoms with E-state index >= 15 is 0 Å². The Morgan fingerprint density at radius 1 is 1.38 bits per heavy atom. The highest BCUT2D eigenvalue weighted by molar-refractivity contribution is 5.92. The molecule has 0 unspecified atom stereocenters. The Bertz CT molecular complexity index is 865. The number of amides is 1. The van der Waals surface area contributed by atoms with E-state index in [1.165, 1.54) is 6.33 Å². The maximum absolute atomic E-state index is 12.9. The van der Waals surface area contributed by atoms with Crippen LogP contribution < -0.4 is 0 Å². The fourth-order valence-electron chi connectivity index (χ4n) is 2.60. The third-order valence-electron chi connectivity index (χ3n) is 3.90. The van der Waals surface area contributed by atoms with Gasteiger partial charge < -0.3 is 9.32 Å². The molecule has 0 N–H and O–H groups in total. The van der Waals surface area contributed by atoms with Crippen LogP contribution in [-0.4, -0.2) is 36.9 Å². The quantitative estimate of drug-likeness (QED) is 0.720. The summed E-state index contributed by atoms with van der Waals surface area (Å²) in [5, 5.41) is 4.18. The molecule has 7 nitrogen and oxygen atoms in total. The second-order valence-corrected chi connectivity index (χ2v) is 6.02. The van der Waals surface area contributed by atoms with Crippen molar-refractivity contribution >= 4 is 11.7 Å². The Kier molecular flexibility index (Phi) is 4.33. The molecular formula is C17H21N5O2. The van der Waals surface area contributed by atoms with Gasteiger partial charge in [-0.1, -0.05) is 13.8 Å². The number of aryl methyl sites for hydroxylation is 1. The van der Waals surface area contributed by atoms with E-state index in [4.69, 9.17) is 4.42 Å². The van der Waals surface area contributed by atoms with Crippen LogP contribution in [-0.2, 0) is 6.54 Å².